The zero-order valence-corrected chi connectivity index (χ0v) is 14.2. The lowest BCUT2D eigenvalue weighted by atomic mass is 9.81. The summed E-state index contributed by atoms with van der Waals surface area (Å²) in [6.45, 7) is 1.51. The summed E-state index contributed by atoms with van der Waals surface area (Å²) in [4.78, 5) is 2.16. The molecule has 0 saturated carbocycles. The van der Waals surface area contributed by atoms with Gasteiger partial charge in [-0.2, -0.15) is 0 Å². The van der Waals surface area contributed by atoms with E-state index in [-0.39, 0.29) is 5.82 Å². The van der Waals surface area contributed by atoms with E-state index in [1.165, 1.54) is 12.1 Å². The molecule has 2 nitrogen and oxygen atoms in total. The average Bonchev–Trinajstić information content (AvgIpc) is 2.94. The van der Waals surface area contributed by atoms with E-state index in [0.29, 0.717) is 6.61 Å². The highest BCUT2D eigenvalue weighted by atomic mass is 19.1. The van der Waals surface area contributed by atoms with Crippen LogP contribution in [0.25, 0.3) is 0 Å². The van der Waals surface area contributed by atoms with Crippen LogP contribution in [0.4, 0.5) is 4.39 Å². The molecule has 0 saturated heterocycles. The lowest BCUT2D eigenvalue weighted by Crippen LogP contribution is -2.28. The second-order valence-electron chi connectivity index (χ2n) is 6.55. The molecular formula is C21H22FNO. The number of rotatable bonds is 5. The van der Waals surface area contributed by atoms with Crippen molar-refractivity contribution in [1.29, 1.82) is 0 Å². The molecule has 1 atom stereocenters. The van der Waals surface area contributed by atoms with Crippen LogP contribution >= 0.6 is 0 Å². The van der Waals surface area contributed by atoms with E-state index in [1.54, 1.807) is 0 Å². The number of hydrogen-bond donors (Lipinski definition) is 0. The van der Waals surface area contributed by atoms with Crippen LogP contribution in [0, 0.1) is 18.2 Å². The predicted molar refractivity (Wildman–Crippen MR) is 94.1 cm³/mol. The van der Waals surface area contributed by atoms with Crippen LogP contribution < -0.4 is 0 Å². The second-order valence-corrected chi connectivity index (χ2v) is 6.55. The molecular weight excluding hydrogens is 301 g/mol. The van der Waals surface area contributed by atoms with Crippen LogP contribution in [0.3, 0.4) is 0 Å². The zero-order valence-electron chi connectivity index (χ0n) is 14.2. The number of fused-ring (bicyclic) bond motifs is 1. The van der Waals surface area contributed by atoms with E-state index in [4.69, 9.17) is 11.2 Å². The van der Waals surface area contributed by atoms with Crippen molar-refractivity contribution < 1.29 is 9.13 Å². The standard InChI is InChI=1S/C21H22FNO/c1-4-16-6-11-20-17(14-16)15-24-21(20,12-5-13-23(2)3)18-7-9-19(22)10-8-18/h1,6-11,14H,5,12-13,15H2,2-3H3/t21-/m0/s1. The summed E-state index contributed by atoms with van der Waals surface area (Å²) >= 11 is 0. The maximum atomic E-state index is 13.4. The number of halogens is 1. The minimum absolute atomic E-state index is 0.233. The Kier molecular flexibility index (Phi) is 4.71. The molecule has 0 bridgehead atoms. The van der Waals surface area contributed by atoms with Gasteiger partial charge in [0.15, 0.2) is 0 Å². The smallest absolute Gasteiger partial charge is 0.123 e. The second kappa shape index (κ2) is 6.76. The van der Waals surface area contributed by atoms with E-state index < -0.39 is 5.60 Å². The van der Waals surface area contributed by atoms with Gasteiger partial charge in [0.2, 0.25) is 0 Å². The first-order valence-corrected chi connectivity index (χ1v) is 8.20. The molecule has 0 N–H and O–H groups in total. The quantitative estimate of drug-likeness (QED) is 0.773. The molecule has 0 aliphatic carbocycles. The fourth-order valence-corrected chi connectivity index (χ4v) is 3.43. The lowest BCUT2D eigenvalue weighted by Gasteiger charge is -2.31. The van der Waals surface area contributed by atoms with Crippen molar-refractivity contribution in [1.82, 2.24) is 4.90 Å². The van der Waals surface area contributed by atoms with Crippen molar-refractivity contribution in [2.24, 2.45) is 0 Å². The summed E-state index contributed by atoms with van der Waals surface area (Å²) in [5.41, 5.74) is 3.61. The number of terminal acetylenes is 1. The van der Waals surface area contributed by atoms with Crippen molar-refractivity contribution >= 4 is 0 Å². The van der Waals surface area contributed by atoms with Gasteiger partial charge in [-0.25, -0.2) is 4.39 Å². The third-order valence-electron chi connectivity index (χ3n) is 4.63. The Bertz CT molecular complexity index is 760. The minimum Gasteiger partial charge on any atom is -0.361 e. The maximum Gasteiger partial charge on any atom is 0.123 e. The Morgan fingerprint density at radius 1 is 1.21 bits per heavy atom. The molecule has 0 unspecified atom stereocenters. The van der Waals surface area contributed by atoms with Gasteiger partial charge < -0.3 is 9.64 Å². The summed E-state index contributed by atoms with van der Waals surface area (Å²) < 4.78 is 19.7. The van der Waals surface area contributed by atoms with Crippen LogP contribution in [0.5, 0.6) is 0 Å². The first-order valence-electron chi connectivity index (χ1n) is 8.20. The normalized spacial score (nSPS) is 19.3. The van der Waals surface area contributed by atoms with Crippen LogP contribution in [0.1, 0.15) is 35.1 Å². The Hall–Kier alpha value is -2.15. The molecule has 0 aromatic heterocycles. The van der Waals surface area contributed by atoms with E-state index in [2.05, 4.69) is 31.0 Å². The van der Waals surface area contributed by atoms with E-state index in [9.17, 15) is 4.39 Å². The molecule has 0 spiro atoms. The van der Waals surface area contributed by atoms with Gasteiger partial charge in [0, 0.05) is 5.56 Å². The summed E-state index contributed by atoms with van der Waals surface area (Å²) in [6.07, 6.45) is 7.35. The summed E-state index contributed by atoms with van der Waals surface area (Å²) in [6, 6.07) is 12.7. The fraction of sp³-hybridized carbons (Fsp3) is 0.333. The van der Waals surface area contributed by atoms with Crippen LogP contribution in [0.2, 0.25) is 0 Å². The molecule has 2 aromatic carbocycles. The van der Waals surface area contributed by atoms with Crippen molar-refractivity contribution in [2.45, 2.75) is 25.0 Å². The van der Waals surface area contributed by atoms with Crippen LogP contribution in [-0.4, -0.2) is 25.5 Å². The molecule has 1 heterocycles. The van der Waals surface area contributed by atoms with E-state index in [1.807, 2.05) is 24.3 Å². The lowest BCUT2D eigenvalue weighted by molar-refractivity contribution is -0.0140. The Balaban J connectivity index is 2.02. The molecule has 1 aliphatic heterocycles. The summed E-state index contributed by atoms with van der Waals surface area (Å²) in [7, 11) is 4.13. The van der Waals surface area contributed by atoms with Crippen LogP contribution in [-0.2, 0) is 16.9 Å². The van der Waals surface area contributed by atoms with Crippen molar-refractivity contribution in [3.63, 3.8) is 0 Å². The molecule has 1 aliphatic rings. The highest BCUT2D eigenvalue weighted by Crippen LogP contribution is 2.45. The molecule has 0 amide bonds. The monoisotopic (exact) mass is 323 g/mol. The molecule has 124 valence electrons. The van der Waals surface area contributed by atoms with Crippen molar-refractivity contribution in [3.8, 4) is 12.3 Å². The molecule has 3 rings (SSSR count). The SMILES string of the molecule is C#Cc1ccc2c(c1)CO[C@@]2(CCCN(C)C)c1ccc(F)cc1. The zero-order chi connectivity index (χ0) is 17.2. The summed E-state index contributed by atoms with van der Waals surface area (Å²) in [5.74, 6) is 2.44. The first kappa shape index (κ1) is 16.7. The van der Waals surface area contributed by atoms with Gasteiger partial charge in [-0.05, 0) is 74.4 Å². The minimum atomic E-state index is -0.522. The molecule has 0 radical (unpaired) electrons. The Morgan fingerprint density at radius 2 is 1.96 bits per heavy atom. The number of ether oxygens (including phenoxy) is 1. The van der Waals surface area contributed by atoms with Gasteiger partial charge in [0.25, 0.3) is 0 Å². The van der Waals surface area contributed by atoms with Gasteiger partial charge in [0.05, 0.1) is 6.61 Å². The number of nitrogens with zero attached hydrogens (tertiary/aromatic N) is 1. The average molecular weight is 323 g/mol. The van der Waals surface area contributed by atoms with Crippen molar-refractivity contribution in [3.05, 3.63) is 70.5 Å². The van der Waals surface area contributed by atoms with E-state index >= 15 is 0 Å². The van der Waals surface area contributed by atoms with Gasteiger partial charge in [-0.3, -0.25) is 0 Å². The molecule has 0 fully saturated rings. The van der Waals surface area contributed by atoms with Gasteiger partial charge in [-0.15, -0.1) is 6.42 Å². The van der Waals surface area contributed by atoms with Crippen molar-refractivity contribution in [2.75, 3.05) is 20.6 Å². The summed E-state index contributed by atoms with van der Waals surface area (Å²) in [5, 5.41) is 0. The topological polar surface area (TPSA) is 12.5 Å². The van der Waals surface area contributed by atoms with Gasteiger partial charge in [-0.1, -0.05) is 24.1 Å². The van der Waals surface area contributed by atoms with Gasteiger partial charge >= 0.3 is 0 Å². The fourth-order valence-electron chi connectivity index (χ4n) is 3.43. The van der Waals surface area contributed by atoms with Crippen LogP contribution in [0.15, 0.2) is 42.5 Å². The molecule has 2 aromatic rings. The Labute approximate surface area is 143 Å². The first-order chi connectivity index (χ1) is 11.5. The molecule has 3 heteroatoms. The number of benzene rings is 2. The largest absolute Gasteiger partial charge is 0.361 e. The molecule has 24 heavy (non-hydrogen) atoms. The third-order valence-corrected chi connectivity index (χ3v) is 4.63. The highest BCUT2D eigenvalue weighted by molar-refractivity contribution is 5.48. The van der Waals surface area contributed by atoms with E-state index in [0.717, 1.165) is 41.6 Å². The van der Waals surface area contributed by atoms with Gasteiger partial charge in [0.1, 0.15) is 11.4 Å². The Morgan fingerprint density at radius 3 is 2.62 bits per heavy atom. The number of hydrogen-bond acceptors (Lipinski definition) is 2. The third kappa shape index (κ3) is 3.08. The highest BCUT2D eigenvalue weighted by Gasteiger charge is 2.41. The predicted octanol–water partition coefficient (Wildman–Crippen LogP) is 3.92. The maximum absolute atomic E-state index is 13.4.